The largest absolute Gasteiger partial charge is 0.496 e. The van der Waals surface area contributed by atoms with Crippen molar-refractivity contribution in [1.82, 2.24) is 4.98 Å². The van der Waals surface area contributed by atoms with Gasteiger partial charge in [0.2, 0.25) is 0 Å². The lowest BCUT2D eigenvalue weighted by atomic mass is 9.82. The van der Waals surface area contributed by atoms with Crippen LogP contribution in [-0.2, 0) is 5.41 Å². The average molecular weight is 327 g/mol. The van der Waals surface area contributed by atoms with Crippen LogP contribution in [-0.4, -0.2) is 12.1 Å². The minimum absolute atomic E-state index is 0.192. The number of aromatic nitrogens is 1. The summed E-state index contributed by atoms with van der Waals surface area (Å²) in [4.78, 5) is 4.38. The molecule has 2 N–H and O–H groups in total. The van der Waals surface area contributed by atoms with Crippen LogP contribution in [0.3, 0.4) is 0 Å². The quantitative estimate of drug-likeness (QED) is 0.932. The summed E-state index contributed by atoms with van der Waals surface area (Å²) >= 11 is 4.92. The first-order valence-corrected chi connectivity index (χ1v) is 7.18. The summed E-state index contributed by atoms with van der Waals surface area (Å²) in [7, 11) is 1.66. The lowest BCUT2D eigenvalue weighted by molar-refractivity contribution is 0.410. The second-order valence-corrected chi connectivity index (χ2v) is 6.29. The number of anilines is 1. The molecule has 0 aliphatic carbocycles. The molecular formula is C13H15BrN2OS. The number of hydrogen-bond acceptors (Lipinski definition) is 4. The Morgan fingerprint density at radius 2 is 2.11 bits per heavy atom. The van der Waals surface area contributed by atoms with E-state index in [2.05, 4.69) is 40.8 Å². The van der Waals surface area contributed by atoms with Crippen molar-refractivity contribution >= 4 is 32.4 Å². The van der Waals surface area contributed by atoms with Crippen LogP contribution >= 0.6 is 27.3 Å². The van der Waals surface area contributed by atoms with Gasteiger partial charge >= 0.3 is 0 Å². The Kier molecular flexibility index (Phi) is 3.64. The number of thiazole rings is 1. The van der Waals surface area contributed by atoms with Crippen molar-refractivity contribution in [2.24, 2.45) is 0 Å². The molecule has 96 valence electrons. The molecule has 1 aromatic heterocycles. The Morgan fingerprint density at radius 3 is 2.67 bits per heavy atom. The molecule has 0 aliphatic heterocycles. The van der Waals surface area contributed by atoms with Crippen LogP contribution in [0.5, 0.6) is 5.75 Å². The van der Waals surface area contributed by atoms with Gasteiger partial charge in [0.05, 0.1) is 17.3 Å². The van der Waals surface area contributed by atoms with Crippen LogP contribution in [0.15, 0.2) is 28.1 Å². The molecule has 0 unspecified atom stereocenters. The van der Waals surface area contributed by atoms with Gasteiger partial charge < -0.3 is 10.5 Å². The van der Waals surface area contributed by atoms with Gasteiger partial charge in [0.15, 0.2) is 5.13 Å². The summed E-state index contributed by atoms with van der Waals surface area (Å²) in [6.07, 6.45) is 0. The molecule has 0 spiro atoms. The molecule has 0 saturated carbocycles. The average Bonchev–Trinajstić information content (AvgIpc) is 2.77. The number of halogens is 1. The van der Waals surface area contributed by atoms with E-state index in [0.29, 0.717) is 5.13 Å². The van der Waals surface area contributed by atoms with Gasteiger partial charge in [-0.1, -0.05) is 19.9 Å². The number of nitrogen functional groups attached to an aromatic ring is 1. The van der Waals surface area contributed by atoms with E-state index in [1.807, 2.05) is 17.5 Å². The van der Waals surface area contributed by atoms with Crippen molar-refractivity contribution in [2.75, 3.05) is 12.8 Å². The minimum Gasteiger partial charge on any atom is -0.496 e. The number of ether oxygens (including phenoxy) is 1. The monoisotopic (exact) mass is 326 g/mol. The van der Waals surface area contributed by atoms with Gasteiger partial charge in [-0.15, -0.1) is 11.3 Å². The fourth-order valence-corrected chi connectivity index (χ4v) is 2.91. The van der Waals surface area contributed by atoms with E-state index >= 15 is 0 Å². The van der Waals surface area contributed by atoms with Crippen LogP contribution in [0.25, 0.3) is 0 Å². The Hall–Kier alpha value is -1.07. The summed E-state index contributed by atoms with van der Waals surface area (Å²) in [5, 5.41) is 2.60. The lowest BCUT2D eigenvalue weighted by Crippen LogP contribution is -2.19. The second-order valence-electron chi connectivity index (χ2n) is 4.55. The molecule has 2 aromatic rings. The molecular weight excluding hydrogens is 312 g/mol. The molecule has 0 atom stereocenters. The zero-order valence-corrected chi connectivity index (χ0v) is 12.9. The molecule has 2 rings (SSSR count). The fourth-order valence-electron chi connectivity index (χ4n) is 1.77. The van der Waals surface area contributed by atoms with Crippen molar-refractivity contribution in [3.05, 3.63) is 39.3 Å². The maximum Gasteiger partial charge on any atom is 0.180 e. The van der Waals surface area contributed by atoms with Gasteiger partial charge in [-0.2, -0.15) is 0 Å². The van der Waals surface area contributed by atoms with E-state index < -0.39 is 0 Å². The lowest BCUT2D eigenvalue weighted by Gasteiger charge is -2.24. The van der Waals surface area contributed by atoms with E-state index in [0.717, 1.165) is 21.5 Å². The van der Waals surface area contributed by atoms with Crippen molar-refractivity contribution in [3.8, 4) is 5.75 Å². The van der Waals surface area contributed by atoms with Crippen LogP contribution < -0.4 is 10.5 Å². The summed E-state index contributed by atoms with van der Waals surface area (Å²) in [6.45, 7) is 4.26. The summed E-state index contributed by atoms with van der Waals surface area (Å²) in [5.41, 5.74) is 7.64. The minimum atomic E-state index is -0.192. The molecule has 5 heteroatoms. The van der Waals surface area contributed by atoms with Gasteiger partial charge in [-0.3, -0.25) is 0 Å². The van der Waals surface area contributed by atoms with Crippen molar-refractivity contribution in [1.29, 1.82) is 0 Å². The molecule has 0 aliphatic rings. The molecule has 0 amide bonds. The third kappa shape index (κ3) is 2.37. The molecule has 0 saturated heterocycles. The Balaban J connectivity index is 2.46. The van der Waals surface area contributed by atoms with Gasteiger partial charge in [-0.25, -0.2) is 4.98 Å². The van der Waals surface area contributed by atoms with Gasteiger partial charge in [0, 0.05) is 10.8 Å². The maximum absolute atomic E-state index is 5.71. The van der Waals surface area contributed by atoms with E-state index in [-0.39, 0.29) is 5.41 Å². The number of nitrogens with zero attached hydrogens (tertiary/aromatic N) is 1. The topological polar surface area (TPSA) is 48.1 Å². The van der Waals surface area contributed by atoms with Crippen molar-refractivity contribution in [3.63, 3.8) is 0 Å². The zero-order valence-electron chi connectivity index (χ0n) is 10.5. The van der Waals surface area contributed by atoms with Crippen molar-refractivity contribution in [2.45, 2.75) is 19.3 Å². The first-order chi connectivity index (χ1) is 8.45. The molecule has 18 heavy (non-hydrogen) atoms. The molecule has 1 heterocycles. The Bertz CT molecular complexity index is 566. The molecule has 0 fully saturated rings. The summed E-state index contributed by atoms with van der Waals surface area (Å²) < 4.78 is 6.28. The molecule has 0 bridgehead atoms. The second kappa shape index (κ2) is 4.90. The number of nitrogens with two attached hydrogens (primary N) is 1. The molecule has 0 radical (unpaired) electrons. The molecule has 1 aromatic carbocycles. The van der Waals surface area contributed by atoms with E-state index in [1.54, 1.807) is 7.11 Å². The van der Waals surface area contributed by atoms with Crippen LogP contribution in [0.1, 0.15) is 25.1 Å². The predicted molar refractivity (Wildman–Crippen MR) is 79.3 cm³/mol. The predicted octanol–water partition coefficient (Wildman–Crippen LogP) is 3.82. The summed E-state index contributed by atoms with van der Waals surface area (Å²) in [6, 6.07) is 6.09. The molecule has 3 nitrogen and oxygen atoms in total. The van der Waals surface area contributed by atoms with Crippen molar-refractivity contribution < 1.29 is 4.74 Å². The first kappa shape index (κ1) is 13.4. The number of benzene rings is 1. The number of rotatable bonds is 3. The van der Waals surface area contributed by atoms with Gasteiger partial charge in [0.25, 0.3) is 0 Å². The Labute approximate surface area is 119 Å². The normalized spacial score (nSPS) is 11.6. The van der Waals surface area contributed by atoms with Gasteiger partial charge in [-0.05, 0) is 33.6 Å². The van der Waals surface area contributed by atoms with Gasteiger partial charge in [0.1, 0.15) is 5.75 Å². The third-order valence-corrected chi connectivity index (χ3v) is 4.36. The SMILES string of the molecule is COc1cc(C(C)(C)c2csc(N)n2)ccc1Br. The summed E-state index contributed by atoms with van der Waals surface area (Å²) in [5.74, 6) is 0.823. The maximum atomic E-state index is 5.71. The van der Waals surface area contributed by atoms with E-state index in [4.69, 9.17) is 10.5 Å². The smallest absolute Gasteiger partial charge is 0.180 e. The highest BCUT2D eigenvalue weighted by Crippen LogP contribution is 2.36. The van der Waals surface area contributed by atoms with E-state index in [9.17, 15) is 0 Å². The highest BCUT2D eigenvalue weighted by Gasteiger charge is 2.26. The Morgan fingerprint density at radius 1 is 1.39 bits per heavy atom. The standard InChI is InChI=1S/C13H15BrN2OS/c1-13(2,11-7-18-12(15)16-11)8-4-5-9(14)10(6-8)17-3/h4-7H,1-3H3,(H2,15,16). The van der Waals surface area contributed by atoms with E-state index in [1.165, 1.54) is 11.3 Å². The highest BCUT2D eigenvalue weighted by molar-refractivity contribution is 9.10. The first-order valence-electron chi connectivity index (χ1n) is 5.50. The van der Waals surface area contributed by atoms with Crippen LogP contribution in [0, 0.1) is 0 Å². The number of hydrogen-bond donors (Lipinski definition) is 1. The third-order valence-electron chi connectivity index (χ3n) is 3.04. The van der Waals surface area contributed by atoms with Crippen LogP contribution in [0.4, 0.5) is 5.13 Å². The highest BCUT2D eigenvalue weighted by atomic mass is 79.9. The van der Waals surface area contributed by atoms with Crippen LogP contribution in [0.2, 0.25) is 0 Å². The zero-order chi connectivity index (χ0) is 13.3. The fraction of sp³-hybridized carbons (Fsp3) is 0.308. The number of methoxy groups -OCH3 is 1.